The Morgan fingerprint density at radius 2 is 1.50 bits per heavy atom. The Hall–Kier alpha value is -1.82. The summed E-state index contributed by atoms with van der Waals surface area (Å²) in [7, 11) is 2.91. The van der Waals surface area contributed by atoms with Crippen LogP contribution in [0.15, 0.2) is 30.3 Å². The van der Waals surface area contributed by atoms with Crippen LogP contribution < -0.4 is 18.9 Å². The number of carbonyl (C=O) groups excluding carboxylic acids is 1. The maximum absolute atomic E-state index is 12.0. The van der Waals surface area contributed by atoms with Crippen LogP contribution in [-0.2, 0) is 4.79 Å². The van der Waals surface area contributed by atoms with Crippen LogP contribution in [0, 0.1) is 0 Å². The molecule has 0 radical (unpaired) electrons. The molecule has 0 aliphatic rings. The average Bonchev–Trinajstić information content (AvgIpc) is 2.57. The highest BCUT2D eigenvalue weighted by molar-refractivity contribution is 6.43. The molecule has 0 N–H and O–H groups in total. The summed E-state index contributed by atoms with van der Waals surface area (Å²) in [4.78, 5) is 12.0. The number of ether oxygens (including phenoxy) is 4. The van der Waals surface area contributed by atoms with Crippen molar-refractivity contribution in [2.45, 2.75) is 0 Å². The summed E-state index contributed by atoms with van der Waals surface area (Å²) < 4.78 is 20.9. The summed E-state index contributed by atoms with van der Waals surface area (Å²) in [6, 6.07) is 7.84. The largest absolute Gasteiger partial charge is 0.493 e. The van der Waals surface area contributed by atoms with Crippen molar-refractivity contribution in [3.63, 3.8) is 0 Å². The molecule has 2 rings (SSSR count). The number of para-hydroxylation sites is 1. The van der Waals surface area contributed by atoms with E-state index in [9.17, 15) is 4.79 Å². The molecule has 0 aliphatic carbocycles. The third-order valence-corrected chi connectivity index (χ3v) is 3.94. The van der Waals surface area contributed by atoms with Gasteiger partial charge in [0.2, 0.25) is 5.75 Å². The first-order chi connectivity index (χ1) is 11.5. The minimum atomic E-state index is -0.667. The van der Waals surface area contributed by atoms with E-state index in [0.717, 1.165) is 0 Å². The molecule has 2 aromatic rings. The van der Waals surface area contributed by atoms with E-state index in [0.29, 0.717) is 11.5 Å². The fraction of sp³-hybridized carbons (Fsp3) is 0.188. The minimum absolute atomic E-state index is 0.163. The molecule has 0 bridgehead atoms. The van der Waals surface area contributed by atoms with E-state index in [2.05, 4.69) is 0 Å². The van der Waals surface area contributed by atoms with Gasteiger partial charge in [0.15, 0.2) is 18.1 Å². The molecule has 0 aliphatic heterocycles. The second-order valence-electron chi connectivity index (χ2n) is 4.45. The van der Waals surface area contributed by atoms with Crippen LogP contribution in [-0.4, -0.2) is 26.8 Å². The molecule has 5 nitrogen and oxygen atoms in total. The highest BCUT2D eigenvalue weighted by Gasteiger charge is 2.17. The Kier molecular flexibility index (Phi) is 6.43. The number of halogens is 3. The molecule has 0 atom stereocenters. The average molecular weight is 392 g/mol. The maximum atomic E-state index is 12.0. The van der Waals surface area contributed by atoms with Gasteiger partial charge in [0, 0.05) is 6.07 Å². The van der Waals surface area contributed by atoms with Gasteiger partial charge in [-0.3, -0.25) is 0 Å². The molecule has 0 amide bonds. The summed E-state index contributed by atoms with van der Waals surface area (Å²) >= 11 is 17.7. The van der Waals surface area contributed by atoms with Crippen LogP contribution >= 0.6 is 34.8 Å². The minimum Gasteiger partial charge on any atom is -0.493 e. The van der Waals surface area contributed by atoms with Crippen molar-refractivity contribution >= 4 is 40.8 Å². The lowest BCUT2D eigenvalue weighted by Crippen LogP contribution is -2.18. The highest BCUT2D eigenvalue weighted by Crippen LogP contribution is 2.37. The van der Waals surface area contributed by atoms with E-state index in [1.807, 2.05) is 0 Å². The van der Waals surface area contributed by atoms with E-state index in [1.54, 1.807) is 18.2 Å². The van der Waals surface area contributed by atoms with Crippen LogP contribution in [0.3, 0.4) is 0 Å². The lowest BCUT2D eigenvalue weighted by atomic mass is 10.3. The number of benzene rings is 2. The van der Waals surface area contributed by atoms with Crippen molar-refractivity contribution < 1.29 is 23.7 Å². The SMILES string of the molecule is COc1cccc(OC)c1OC(=O)COc1cc(Cl)c(Cl)cc1Cl. The summed E-state index contributed by atoms with van der Waals surface area (Å²) in [6.07, 6.45) is 0. The monoisotopic (exact) mass is 390 g/mol. The van der Waals surface area contributed by atoms with Crippen molar-refractivity contribution in [1.29, 1.82) is 0 Å². The van der Waals surface area contributed by atoms with Gasteiger partial charge >= 0.3 is 5.97 Å². The van der Waals surface area contributed by atoms with E-state index < -0.39 is 5.97 Å². The molecular formula is C16H13Cl3O5. The van der Waals surface area contributed by atoms with Crippen LogP contribution in [0.25, 0.3) is 0 Å². The van der Waals surface area contributed by atoms with Crippen molar-refractivity contribution in [1.82, 2.24) is 0 Å². The molecule has 2 aromatic carbocycles. The molecule has 0 saturated carbocycles. The fourth-order valence-electron chi connectivity index (χ4n) is 1.81. The van der Waals surface area contributed by atoms with Gasteiger partial charge in [-0.2, -0.15) is 0 Å². The standard InChI is InChI=1S/C16H13Cl3O5/c1-21-12-4-3-5-13(22-2)16(12)24-15(20)8-23-14-7-10(18)9(17)6-11(14)19/h3-7H,8H2,1-2H3. The number of hydrogen-bond donors (Lipinski definition) is 0. The van der Waals surface area contributed by atoms with Crippen LogP contribution in [0.4, 0.5) is 0 Å². The highest BCUT2D eigenvalue weighted by atomic mass is 35.5. The van der Waals surface area contributed by atoms with Crippen molar-refractivity contribution in [3.8, 4) is 23.0 Å². The molecule has 0 fully saturated rings. The quantitative estimate of drug-likeness (QED) is 0.408. The first-order valence-corrected chi connectivity index (χ1v) is 7.78. The zero-order valence-corrected chi connectivity index (χ0v) is 15.0. The van der Waals surface area contributed by atoms with Crippen molar-refractivity contribution in [3.05, 3.63) is 45.4 Å². The maximum Gasteiger partial charge on any atom is 0.349 e. The lowest BCUT2D eigenvalue weighted by molar-refractivity contribution is -0.136. The molecular weight excluding hydrogens is 379 g/mol. The molecule has 0 heterocycles. The summed E-state index contributed by atoms with van der Waals surface area (Å²) in [5, 5.41) is 0.776. The summed E-state index contributed by atoms with van der Waals surface area (Å²) in [6.45, 7) is -0.390. The predicted octanol–water partition coefficient (Wildman–Crippen LogP) is 4.65. The third kappa shape index (κ3) is 4.38. The van der Waals surface area contributed by atoms with Crippen LogP contribution in [0.5, 0.6) is 23.0 Å². The van der Waals surface area contributed by atoms with Crippen LogP contribution in [0.2, 0.25) is 15.1 Å². The van der Waals surface area contributed by atoms with Gasteiger partial charge in [-0.15, -0.1) is 0 Å². The van der Waals surface area contributed by atoms with Gasteiger partial charge in [0.05, 0.1) is 29.3 Å². The van der Waals surface area contributed by atoms with Gasteiger partial charge in [-0.1, -0.05) is 40.9 Å². The molecule has 0 saturated heterocycles. The lowest BCUT2D eigenvalue weighted by Gasteiger charge is -2.13. The first kappa shape index (κ1) is 18.5. The molecule has 0 unspecified atom stereocenters. The summed E-state index contributed by atoms with van der Waals surface area (Å²) in [5.41, 5.74) is 0. The van der Waals surface area contributed by atoms with E-state index in [1.165, 1.54) is 26.4 Å². The number of hydrogen-bond acceptors (Lipinski definition) is 5. The Balaban J connectivity index is 2.08. The molecule has 8 heteroatoms. The Bertz CT molecular complexity index is 726. The number of esters is 1. The normalized spacial score (nSPS) is 10.2. The Morgan fingerprint density at radius 3 is 2.08 bits per heavy atom. The van der Waals surface area contributed by atoms with E-state index >= 15 is 0 Å². The molecule has 0 aromatic heterocycles. The smallest absolute Gasteiger partial charge is 0.349 e. The number of methoxy groups -OCH3 is 2. The number of rotatable bonds is 6. The van der Waals surface area contributed by atoms with Crippen molar-refractivity contribution in [2.75, 3.05) is 20.8 Å². The van der Waals surface area contributed by atoms with E-state index in [-0.39, 0.29) is 33.2 Å². The predicted molar refractivity (Wildman–Crippen MR) is 92.1 cm³/mol. The van der Waals surface area contributed by atoms with E-state index in [4.69, 9.17) is 53.8 Å². The third-order valence-electron chi connectivity index (χ3n) is 2.92. The van der Waals surface area contributed by atoms with Crippen molar-refractivity contribution in [2.24, 2.45) is 0 Å². The molecule has 128 valence electrons. The van der Waals surface area contributed by atoms with Gasteiger partial charge in [0.25, 0.3) is 0 Å². The zero-order valence-electron chi connectivity index (χ0n) is 12.8. The molecule has 0 spiro atoms. The second-order valence-corrected chi connectivity index (χ2v) is 5.67. The first-order valence-electron chi connectivity index (χ1n) is 6.65. The van der Waals surface area contributed by atoms with Gasteiger partial charge in [-0.25, -0.2) is 4.79 Å². The Morgan fingerprint density at radius 1 is 0.917 bits per heavy atom. The molecule has 24 heavy (non-hydrogen) atoms. The zero-order chi connectivity index (χ0) is 17.7. The second kappa shape index (κ2) is 8.33. The fourth-order valence-corrected chi connectivity index (χ4v) is 2.40. The number of carbonyl (C=O) groups is 1. The topological polar surface area (TPSA) is 54.0 Å². The van der Waals surface area contributed by atoms with Gasteiger partial charge in [-0.05, 0) is 18.2 Å². The van der Waals surface area contributed by atoms with Crippen LogP contribution in [0.1, 0.15) is 0 Å². The summed E-state index contributed by atoms with van der Waals surface area (Å²) in [5.74, 6) is 0.428. The van der Waals surface area contributed by atoms with Gasteiger partial charge in [0.1, 0.15) is 5.75 Å². The Labute approximate surface area is 153 Å². The van der Waals surface area contributed by atoms with Gasteiger partial charge < -0.3 is 18.9 Å².